The van der Waals surface area contributed by atoms with Gasteiger partial charge in [0.15, 0.2) is 0 Å². The van der Waals surface area contributed by atoms with Gasteiger partial charge in [-0.25, -0.2) is 14.2 Å². The van der Waals surface area contributed by atoms with Crippen LogP contribution in [-0.4, -0.2) is 48.3 Å². The number of cyclic esters (lactones) is 1. The molecule has 1 N–H and O–H groups in total. The molecule has 2 amide bonds. The number of aromatic nitrogens is 2. The monoisotopic (exact) mass is 411 g/mol. The van der Waals surface area contributed by atoms with Crippen molar-refractivity contribution >= 4 is 23.6 Å². The van der Waals surface area contributed by atoms with Crippen LogP contribution in [0.25, 0.3) is 0 Å². The van der Waals surface area contributed by atoms with Crippen molar-refractivity contribution in [1.29, 1.82) is 0 Å². The van der Waals surface area contributed by atoms with Gasteiger partial charge in [0.25, 0.3) is 5.91 Å². The molecule has 0 aromatic carbocycles. The highest BCUT2D eigenvalue weighted by Crippen LogP contribution is 2.41. The van der Waals surface area contributed by atoms with Crippen LogP contribution in [0.5, 0.6) is 0 Å². The molecule has 30 heavy (non-hydrogen) atoms. The van der Waals surface area contributed by atoms with Gasteiger partial charge in [-0.05, 0) is 38.1 Å². The number of fused-ring (bicyclic) bond motifs is 1. The number of pyridine rings is 2. The van der Waals surface area contributed by atoms with Gasteiger partial charge >= 0.3 is 6.09 Å². The highest BCUT2D eigenvalue weighted by molar-refractivity contribution is 6.10. The zero-order valence-corrected chi connectivity index (χ0v) is 16.6. The van der Waals surface area contributed by atoms with Gasteiger partial charge in [0.1, 0.15) is 31.0 Å². The topological polar surface area (TPSA) is 87.7 Å². The van der Waals surface area contributed by atoms with E-state index in [-0.39, 0.29) is 18.3 Å². The van der Waals surface area contributed by atoms with E-state index in [1.807, 2.05) is 13.1 Å². The van der Waals surface area contributed by atoms with Crippen LogP contribution in [0.3, 0.4) is 0 Å². The van der Waals surface area contributed by atoms with Crippen molar-refractivity contribution in [3.05, 3.63) is 46.8 Å². The number of amides is 2. The number of hydrogen-bond acceptors (Lipinski definition) is 6. The van der Waals surface area contributed by atoms with Crippen molar-refractivity contribution in [2.24, 2.45) is 0 Å². The minimum absolute atomic E-state index is 0.0156. The third kappa shape index (κ3) is 3.09. The van der Waals surface area contributed by atoms with Crippen molar-refractivity contribution in [3.8, 4) is 0 Å². The Hall–Kier alpha value is -3.07. The van der Waals surface area contributed by atoms with Gasteiger partial charge in [-0.1, -0.05) is 6.07 Å². The van der Waals surface area contributed by atoms with Crippen LogP contribution < -0.4 is 15.1 Å². The first-order valence-corrected chi connectivity index (χ1v) is 10.1. The lowest BCUT2D eigenvalue weighted by atomic mass is 10.1. The van der Waals surface area contributed by atoms with Gasteiger partial charge in [-0.3, -0.25) is 19.6 Å². The first kappa shape index (κ1) is 18.9. The van der Waals surface area contributed by atoms with E-state index in [1.54, 1.807) is 23.1 Å². The molecule has 156 valence electrons. The average molecular weight is 411 g/mol. The first-order valence-electron chi connectivity index (χ1n) is 10.1. The molecule has 5 rings (SSSR count). The molecule has 0 radical (unpaired) electrons. The molecule has 3 aliphatic rings. The molecule has 9 heteroatoms. The summed E-state index contributed by atoms with van der Waals surface area (Å²) in [5.74, 6) is 0.985. The fourth-order valence-electron chi connectivity index (χ4n) is 4.03. The summed E-state index contributed by atoms with van der Waals surface area (Å²) in [5.41, 5.74) is 3.41. The number of carbonyl (C=O) groups is 2. The van der Waals surface area contributed by atoms with Crippen LogP contribution in [-0.2, 0) is 17.8 Å². The zero-order chi connectivity index (χ0) is 20.8. The lowest BCUT2D eigenvalue weighted by Crippen LogP contribution is -2.36. The van der Waals surface area contributed by atoms with E-state index in [1.165, 1.54) is 4.90 Å². The number of anilines is 2. The molecule has 1 atom stereocenters. The molecule has 1 saturated carbocycles. The standard InChI is InChI=1S/C21H22FN5O3/c1-23-9-17-15-10-26(20(28)14(15)7-16(24-17)12-5-6-12)18-3-2-4-19(25-18)27-13(8-22)11-30-21(27)29/h2-4,7,12-13,23H,5-6,8-11H2,1H3/t13-/m0/s1. The van der Waals surface area contributed by atoms with E-state index < -0.39 is 18.8 Å². The van der Waals surface area contributed by atoms with Gasteiger partial charge in [0.05, 0.1) is 12.2 Å². The Bertz CT molecular complexity index is 1030. The van der Waals surface area contributed by atoms with Crippen molar-refractivity contribution in [1.82, 2.24) is 15.3 Å². The predicted molar refractivity (Wildman–Crippen MR) is 107 cm³/mol. The largest absolute Gasteiger partial charge is 0.447 e. The van der Waals surface area contributed by atoms with Crippen LogP contribution in [0.1, 0.15) is 46.1 Å². The van der Waals surface area contributed by atoms with Crippen LogP contribution >= 0.6 is 0 Å². The Balaban J connectivity index is 1.49. The molecule has 2 aliphatic heterocycles. The molecule has 1 aliphatic carbocycles. The van der Waals surface area contributed by atoms with Crippen LogP contribution in [0.15, 0.2) is 24.3 Å². The summed E-state index contributed by atoms with van der Waals surface area (Å²) >= 11 is 0. The third-order valence-corrected chi connectivity index (χ3v) is 5.74. The molecule has 2 fully saturated rings. The zero-order valence-electron chi connectivity index (χ0n) is 16.6. The second-order valence-electron chi connectivity index (χ2n) is 7.82. The summed E-state index contributed by atoms with van der Waals surface area (Å²) < 4.78 is 18.3. The Morgan fingerprint density at radius 1 is 1.23 bits per heavy atom. The minimum atomic E-state index is -0.727. The number of rotatable bonds is 6. The van der Waals surface area contributed by atoms with E-state index in [0.29, 0.717) is 30.4 Å². The maximum absolute atomic E-state index is 13.3. The maximum atomic E-state index is 13.3. The molecule has 0 spiro atoms. The van der Waals surface area contributed by atoms with Crippen LogP contribution in [0, 0.1) is 0 Å². The average Bonchev–Trinajstić information content (AvgIpc) is 3.46. The summed E-state index contributed by atoms with van der Waals surface area (Å²) in [6.45, 7) is 0.193. The van der Waals surface area contributed by atoms with Crippen LogP contribution in [0.4, 0.5) is 20.8 Å². The highest BCUT2D eigenvalue weighted by Gasteiger charge is 2.37. The molecule has 0 unspecified atom stereocenters. The minimum Gasteiger partial charge on any atom is -0.447 e. The number of carbonyl (C=O) groups excluding carboxylic acids is 2. The number of alkyl halides is 1. The van der Waals surface area contributed by atoms with E-state index in [9.17, 15) is 14.0 Å². The third-order valence-electron chi connectivity index (χ3n) is 5.74. The number of halogens is 1. The van der Waals surface area contributed by atoms with Crippen molar-refractivity contribution in [2.45, 2.75) is 37.9 Å². The molecule has 4 heterocycles. The number of nitrogens with one attached hydrogen (secondary N) is 1. The van der Waals surface area contributed by atoms with Crippen LogP contribution in [0.2, 0.25) is 0 Å². The Kier molecular flexibility index (Phi) is 4.62. The molecule has 2 aromatic heterocycles. The molecule has 2 aromatic rings. The van der Waals surface area contributed by atoms with Gasteiger partial charge in [0.2, 0.25) is 0 Å². The van der Waals surface area contributed by atoms with Crippen molar-refractivity contribution in [2.75, 3.05) is 30.1 Å². The lowest BCUT2D eigenvalue weighted by molar-refractivity contribution is 0.0995. The number of hydrogen-bond donors (Lipinski definition) is 1. The summed E-state index contributed by atoms with van der Waals surface area (Å²) in [6, 6.07) is 6.24. The Morgan fingerprint density at radius 3 is 2.77 bits per heavy atom. The SMILES string of the molecule is CNCc1nc(C2CC2)cc2c1CN(c1cccc(N3C(=O)OC[C@@H]3CF)n1)C2=O. The Labute approximate surface area is 173 Å². The lowest BCUT2D eigenvalue weighted by Gasteiger charge is -2.21. The van der Waals surface area contributed by atoms with Crippen molar-refractivity contribution < 1.29 is 18.7 Å². The second-order valence-corrected chi connectivity index (χ2v) is 7.82. The van der Waals surface area contributed by atoms with Gasteiger partial charge in [0, 0.05) is 29.3 Å². The quantitative estimate of drug-likeness (QED) is 0.786. The first-order chi connectivity index (χ1) is 14.6. The van der Waals surface area contributed by atoms with Gasteiger partial charge in [-0.2, -0.15) is 0 Å². The smallest absolute Gasteiger partial charge is 0.416 e. The second kappa shape index (κ2) is 7.32. The molecule has 0 bridgehead atoms. The molecular formula is C21H22FN5O3. The molecule has 8 nitrogen and oxygen atoms in total. The van der Waals surface area contributed by atoms with E-state index in [0.717, 1.165) is 29.8 Å². The fourth-order valence-corrected chi connectivity index (χ4v) is 4.03. The maximum Gasteiger partial charge on any atom is 0.416 e. The number of nitrogens with zero attached hydrogens (tertiary/aromatic N) is 4. The van der Waals surface area contributed by atoms with E-state index in [2.05, 4.69) is 10.3 Å². The number of ether oxygens (including phenoxy) is 1. The summed E-state index contributed by atoms with van der Waals surface area (Å²) in [4.78, 5) is 37.4. The summed E-state index contributed by atoms with van der Waals surface area (Å²) in [7, 11) is 1.86. The molecule has 1 saturated heterocycles. The van der Waals surface area contributed by atoms with E-state index in [4.69, 9.17) is 9.72 Å². The highest BCUT2D eigenvalue weighted by atomic mass is 19.1. The normalized spacial score (nSPS) is 20.7. The summed E-state index contributed by atoms with van der Waals surface area (Å²) in [6.07, 6.45) is 1.58. The predicted octanol–water partition coefficient (Wildman–Crippen LogP) is 2.53. The Morgan fingerprint density at radius 2 is 2.03 bits per heavy atom. The van der Waals surface area contributed by atoms with Crippen molar-refractivity contribution in [3.63, 3.8) is 0 Å². The van der Waals surface area contributed by atoms with Gasteiger partial charge < -0.3 is 10.1 Å². The van der Waals surface area contributed by atoms with E-state index >= 15 is 0 Å². The summed E-state index contributed by atoms with van der Waals surface area (Å²) in [5, 5.41) is 3.13. The van der Waals surface area contributed by atoms with Gasteiger partial charge in [-0.15, -0.1) is 0 Å². The molecular weight excluding hydrogens is 389 g/mol. The fraction of sp³-hybridized carbons (Fsp3) is 0.429.